The monoisotopic (exact) mass is 449 g/mol. The van der Waals surface area contributed by atoms with Gasteiger partial charge in [-0.15, -0.1) is 0 Å². The van der Waals surface area contributed by atoms with Crippen molar-refractivity contribution in [1.29, 1.82) is 0 Å². The lowest BCUT2D eigenvalue weighted by atomic mass is 10.1. The fraction of sp³-hybridized carbons (Fsp3) is 0. The minimum atomic E-state index is 0.988. The molecule has 0 saturated heterocycles. The van der Waals surface area contributed by atoms with Crippen LogP contribution in [0.2, 0.25) is 0 Å². The van der Waals surface area contributed by atoms with Gasteiger partial charge in [0.25, 0.3) is 0 Å². The van der Waals surface area contributed by atoms with Crippen molar-refractivity contribution < 1.29 is 0 Å². The lowest BCUT2D eigenvalue weighted by molar-refractivity contribution is 1.23. The van der Waals surface area contributed by atoms with Crippen LogP contribution in [-0.4, -0.2) is 4.98 Å². The van der Waals surface area contributed by atoms with E-state index in [1.807, 2.05) is 30.5 Å². The van der Waals surface area contributed by atoms with Crippen molar-refractivity contribution in [3.63, 3.8) is 0 Å². The van der Waals surface area contributed by atoms with Crippen molar-refractivity contribution >= 4 is 39.5 Å². The first-order valence-electron chi connectivity index (χ1n) is 8.50. The SMILES string of the molecule is Brc1cc(Sc2ccccc2)c(-c2ccccn2)c(Sc2ccccc2)c1. The van der Waals surface area contributed by atoms with Gasteiger partial charge in [0.1, 0.15) is 0 Å². The summed E-state index contributed by atoms with van der Waals surface area (Å²) in [5.74, 6) is 0. The molecule has 0 amide bonds. The molecule has 3 aromatic carbocycles. The molecular formula is C23H16BrNS2. The van der Waals surface area contributed by atoms with Crippen LogP contribution in [0.4, 0.5) is 0 Å². The third-order valence-electron chi connectivity index (χ3n) is 3.89. The van der Waals surface area contributed by atoms with E-state index < -0.39 is 0 Å². The molecule has 0 unspecified atom stereocenters. The second-order valence-electron chi connectivity index (χ2n) is 5.82. The molecule has 4 rings (SSSR count). The van der Waals surface area contributed by atoms with E-state index in [1.54, 1.807) is 23.5 Å². The van der Waals surface area contributed by atoms with E-state index in [9.17, 15) is 0 Å². The van der Waals surface area contributed by atoms with Gasteiger partial charge in [-0.05, 0) is 48.5 Å². The molecule has 0 spiro atoms. The molecule has 1 nitrogen and oxygen atoms in total. The normalized spacial score (nSPS) is 10.7. The molecule has 1 aromatic heterocycles. The predicted octanol–water partition coefficient (Wildman–Crippen LogP) is 7.81. The van der Waals surface area contributed by atoms with Crippen molar-refractivity contribution in [1.82, 2.24) is 4.98 Å². The summed E-state index contributed by atoms with van der Waals surface area (Å²) in [7, 11) is 0. The smallest absolute Gasteiger partial charge is 0.0724 e. The van der Waals surface area contributed by atoms with Crippen LogP contribution >= 0.6 is 39.5 Å². The van der Waals surface area contributed by atoms with E-state index in [0.717, 1.165) is 10.2 Å². The van der Waals surface area contributed by atoms with Gasteiger partial charge in [-0.3, -0.25) is 4.98 Å². The molecule has 0 radical (unpaired) electrons. The lowest BCUT2D eigenvalue weighted by Crippen LogP contribution is -1.90. The van der Waals surface area contributed by atoms with E-state index in [1.165, 1.54) is 25.1 Å². The van der Waals surface area contributed by atoms with Crippen molar-refractivity contribution in [3.05, 3.63) is 102 Å². The van der Waals surface area contributed by atoms with E-state index in [-0.39, 0.29) is 0 Å². The van der Waals surface area contributed by atoms with Crippen LogP contribution in [0.15, 0.2) is 121 Å². The number of rotatable bonds is 5. The Morgan fingerprint density at radius 2 is 1.15 bits per heavy atom. The maximum absolute atomic E-state index is 4.64. The summed E-state index contributed by atoms with van der Waals surface area (Å²) in [5.41, 5.74) is 2.16. The number of hydrogen-bond donors (Lipinski definition) is 0. The van der Waals surface area contributed by atoms with Crippen LogP contribution in [0.3, 0.4) is 0 Å². The Balaban J connectivity index is 1.84. The first-order chi connectivity index (χ1) is 13.3. The van der Waals surface area contributed by atoms with Gasteiger partial charge in [0.2, 0.25) is 0 Å². The maximum atomic E-state index is 4.64. The zero-order chi connectivity index (χ0) is 18.5. The Bertz CT molecular complexity index is 959. The highest BCUT2D eigenvalue weighted by Gasteiger charge is 2.16. The van der Waals surface area contributed by atoms with Crippen LogP contribution in [0.25, 0.3) is 11.3 Å². The highest BCUT2D eigenvalue weighted by molar-refractivity contribution is 9.10. The van der Waals surface area contributed by atoms with Crippen molar-refractivity contribution in [3.8, 4) is 11.3 Å². The average Bonchev–Trinajstić information content (AvgIpc) is 2.70. The molecule has 0 bridgehead atoms. The molecule has 27 heavy (non-hydrogen) atoms. The zero-order valence-electron chi connectivity index (χ0n) is 14.4. The summed E-state index contributed by atoms with van der Waals surface area (Å²) in [6, 6.07) is 31.3. The molecule has 132 valence electrons. The Kier molecular flexibility index (Phi) is 5.97. The number of hydrogen-bond acceptors (Lipinski definition) is 3. The molecule has 1 heterocycles. The summed E-state index contributed by atoms with van der Waals surface area (Å²) >= 11 is 7.23. The number of pyridine rings is 1. The fourth-order valence-electron chi connectivity index (χ4n) is 2.71. The quantitative estimate of drug-likeness (QED) is 0.308. The Hall–Kier alpha value is -2.01. The van der Waals surface area contributed by atoms with Gasteiger partial charge in [0, 0.05) is 35.8 Å². The average molecular weight is 450 g/mol. The number of aromatic nitrogens is 1. The molecule has 0 aliphatic rings. The van der Waals surface area contributed by atoms with Crippen LogP contribution in [0.5, 0.6) is 0 Å². The molecule has 4 heteroatoms. The maximum Gasteiger partial charge on any atom is 0.0724 e. The van der Waals surface area contributed by atoms with Gasteiger partial charge in [0.15, 0.2) is 0 Å². The van der Waals surface area contributed by atoms with E-state index in [0.29, 0.717) is 0 Å². The van der Waals surface area contributed by atoms with Gasteiger partial charge in [-0.2, -0.15) is 0 Å². The first-order valence-corrected chi connectivity index (χ1v) is 10.9. The van der Waals surface area contributed by atoms with Gasteiger partial charge >= 0.3 is 0 Å². The largest absolute Gasteiger partial charge is 0.256 e. The van der Waals surface area contributed by atoms with Gasteiger partial charge < -0.3 is 0 Å². The third kappa shape index (κ3) is 4.64. The molecule has 0 fully saturated rings. The van der Waals surface area contributed by atoms with Crippen molar-refractivity contribution in [2.24, 2.45) is 0 Å². The summed E-state index contributed by atoms with van der Waals surface area (Å²) in [4.78, 5) is 9.44. The molecule has 0 N–H and O–H groups in total. The molecule has 0 aliphatic carbocycles. The van der Waals surface area contributed by atoms with Gasteiger partial charge in [0.05, 0.1) is 5.69 Å². The highest BCUT2D eigenvalue weighted by atomic mass is 79.9. The first kappa shape index (κ1) is 18.4. The van der Waals surface area contributed by atoms with Gasteiger partial charge in [-0.1, -0.05) is 81.9 Å². The van der Waals surface area contributed by atoms with E-state index >= 15 is 0 Å². The van der Waals surface area contributed by atoms with Crippen LogP contribution in [0, 0.1) is 0 Å². The highest BCUT2D eigenvalue weighted by Crippen LogP contribution is 2.44. The molecule has 0 atom stereocenters. The lowest BCUT2D eigenvalue weighted by Gasteiger charge is -2.15. The van der Waals surface area contributed by atoms with Crippen molar-refractivity contribution in [2.45, 2.75) is 19.6 Å². The minimum absolute atomic E-state index is 0.988. The van der Waals surface area contributed by atoms with E-state index in [2.05, 4.69) is 87.6 Å². The Labute approximate surface area is 176 Å². The summed E-state index contributed by atoms with van der Waals surface area (Å²) in [5, 5.41) is 0. The van der Waals surface area contributed by atoms with Gasteiger partial charge in [-0.25, -0.2) is 0 Å². The van der Waals surface area contributed by atoms with Crippen molar-refractivity contribution in [2.75, 3.05) is 0 Å². The fourth-order valence-corrected chi connectivity index (χ4v) is 5.64. The molecule has 0 saturated carbocycles. The minimum Gasteiger partial charge on any atom is -0.256 e. The number of halogens is 1. The standard InChI is InChI=1S/C23H16BrNS2/c24-17-15-21(26-18-9-3-1-4-10-18)23(20-13-7-8-14-25-20)22(16-17)27-19-11-5-2-6-12-19/h1-16H. The van der Waals surface area contributed by atoms with Crippen LogP contribution in [-0.2, 0) is 0 Å². The predicted molar refractivity (Wildman–Crippen MR) is 119 cm³/mol. The Morgan fingerprint density at radius 3 is 1.63 bits per heavy atom. The number of nitrogens with zero attached hydrogens (tertiary/aromatic N) is 1. The molecule has 4 aromatic rings. The van der Waals surface area contributed by atoms with Crippen LogP contribution in [0.1, 0.15) is 0 Å². The Morgan fingerprint density at radius 1 is 0.630 bits per heavy atom. The van der Waals surface area contributed by atoms with E-state index in [4.69, 9.17) is 0 Å². The second kappa shape index (κ2) is 8.79. The number of benzene rings is 3. The summed E-state index contributed by atoms with van der Waals surface area (Å²) in [6.45, 7) is 0. The second-order valence-corrected chi connectivity index (χ2v) is 8.97. The van der Waals surface area contributed by atoms with Crippen LogP contribution < -0.4 is 0 Å². The summed E-state index contributed by atoms with van der Waals surface area (Å²) < 4.78 is 1.07. The summed E-state index contributed by atoms with van der Waals surface area (Å²) in [6.07, 6.45) is 1.85. The third-order valence-corrected chi connectivity index (χ3v) is 6.45. The molecular weight excluding hydrogens is 434 g/mol. The topological polar surface area (TPSA) is 12.9 Å². The zero-order valence-corrected chi connectivity index (χ0v) is 17.6. The molecule has 0 aliphatic heterocycles.